The van der Waals surface area contributed by atoms with Crippen LogP contribution in [-0.4, -0.2) is 21.8 Å². The summed E-state index contributed by atoms with van der Waals surface area (Å²) in [4.78, 5) is 25.5. The molecule has 1 aromatic heterocycles. The number of benzene rings is 2. The smallest absolute Gasteiger partial charge is 0.270 e. The highest BCUT2D eigenvalue weighted by atomic mass is 16.6. The molecule has 1 aliphatic carbocycles. The summed E-state index contributed by atoms with van der Waals surface area (Å²) < 4.78 is 6.04. The first-order valence-corrected chi connectivity index (χ1v) is 9.14. The van der Waals surface area contributed by atoms with Crippen LogP contribution in [0.4, 0.5) is 11.4 Å². The molecular formula is C21H17N3O4. The number of carbonyl (C=O) groups is 1. The quantitative estimate of drug-likeness (QED) is 0.532. The Morgan fingerprint density at radius 1 is 1.07 bits per heavy atom. The van der Waals surface area contributed by atoms with Gasteiger partial charge in [0.15, 0.2) is 6.17 Å². The van der Waals surface area contributed by atoms with Gasteiger partial charge >= 0.3 is 0 Å². The molecular weight excluding hydrogens is 358 g/mol. The van der Waals surface area contributed by atoms with Gasteiger partial charge in [-0.2, -0.15) is 0 Å². The molecule has 5 rings (SSSR count). The average molecular weight is 375 g/mol. The average Bonchev–Trinajstić information content (AvgIpc) is 3.43. The lowest BCUT2D eigenvalue weighted by Gasteiger charge is -2.37. The van der Waals surface area contributed by atoms with E-state index in [0.717, 1.165) is 18.5 Å². The van der Waals surface area contributed by atoms with E-state index in [1.54, 1.807) is 18.2 Å². The number of nitrogens with zero attached hydrogens (tertiary/aromatic N) is 2. The zero-order chi connectivity index (χ0) is 19.3. The number of nitro groups is 1. The number of non-ortho nitro benzene ring substituents is 1. The van der Waals surface area contributed by atoms with E-state index in [1.165, 1.54) is 12.1 Å². The maximum Gasteiger partial charge on any atom is 0.270 e. The zero-order valence-corrected chi connectivity index (χ0v) is 14.9. The highest BCUT2D eigenvalue weighted by molar-refractivity contribution is 6.02. The number of para-hydroxylation sites is 1. The summed E-state index contributed by atoms with van der Waals surface area (Å²) in [6.07, 6.45) is 1.55. The van der Waals surface area contributed by atoms with E-state index >= 15 is 0 Å². The van der Waals surface area contributed by atoms with Crippen molar-refractivity contribution in [1.82, 2.24) is 4.90 Å². The van der Waals surface area contributed by atoms with Gasteiger partial charge in [-0.05, 0) is 37.1 Å². The van der Waals surface area contributed by atoms with Crippen LogP contribution < -0.4 is 5.32 Å². The molecule has 2 aliphatic rings. The SMILES string of the molecule is O=C1c2ccccc2N[C@H](c2ccc(-c3cccc([N+](=O)[O-])c3)o2)N1C1CC1. The molecule has 28 heavy (non-hydrogen) atoms. The minimum atomic E-state index is -0.430. The topological polar surface area (TPSA) is 88.6 Å². The van der Waals surface area contributed by atoms with Gasteiger partial charge in [-0.15, -0.1) is 0 Å². The fraction of sp³-hybridized carbons (Fsp3) is 0.190. The van der Waals surface area contributed by atoms with E-state index in [2.05, 4.69) is 5.32 Å². The summed E-state index contributed by atoms with van der Waals surface area (Å²) >= 11 is 0. The lowest BCUT2D eigenvalue weighted by molar-refractivity contribution is -0.384. The molecule has 0 saturated heterocycles. The van der Waals surface area contributed by atoms with Crippen LogP contribution in [0.25, 0.3) is 11.3 Å². The predicted octanol–water partition coefficient (Wildman–Crippen LogP) is 4.58. The molecule has 0 radical (unpaired) electrons. The Balaban J connectivity index is 1.52. The number of hydrogen-bond acceptors (Lipinski definition) is 5. The maximum atomic E-state index is 13.0. The van der Waals surface area contributed by atoms with Crippen LogP contribution in [0.5, 0.6) is 0 Å². The second-order valence-corrected chi connectivity index (χ2v) is 7.05. The number of hydrogen-bond donors (Lipinski definition) is 1. The highest BCUT2D eigenvalue weighted by Crippen LogP contribution is 2.41. The predicted molar refractivity (Wildman–Crippen MR) is 103 cm³/mol. The molecule has 2 aromatic carbocycles. The lowest BCUT2D eigenvalue weighted by atomic mass is 10.1. The van der Waals surface area contributed by atoms with Crippen molar-refractivity contribution in [1.29, 1.82) is 0 Å². The third kappa shape index (κ3) is 2.72. The molecule has 2 heterocycles. The summed E-state index contributed by atoms with van der Waals surface area (Å²) in [5, 5.41) is 14.4. The molecule has 1 atom stereocenters. The summed E-state index contributed by atoms with van der Waals surface area (Å²) in [5.41, 5.74) is 2.08. The van der Waals surface area contributed by atoms with Crippen LogP contribution in [0, 0.1) is 10.1 Å². The van der Waals surface area contributed by atoms with Gasteiger partial charge in [0.2, 0.25) is 0 Å². The van der Waals surface area contributed by atoms with E-state index in [9.17, 15) is 14.9 Å². The van der Waals surface area contributed by atoms with Crippen molar-refractivity contribution in [3.05, 3.63) is 82.1 Å². The van der Waals surface area contributed by atoms with Crippen molar-refractivity contribution in [2.75, 3.05) is 5.32 Å². The molecule has 7 nitrogen and oxygen atoms in total. The van der Waals surface area contributed by atoms with Gasteiger partial charge in [0.1, 0.15) is 11.5 Å². The molecule has 3 aromatic rings. The largest absolute Gasteiger partial charge is 0.457 e. The number of amides is 1. The second-order valence-electron chi connectivity index (χ2n) is 7.05. The standard InChI is InChI=1S/C21H17N3O4/c25-21-16-6-1-2-7-17(16)22-20(23(21)14-8-9-14)19-11-10-18(28-19)13-4-3-5-15(12-13)24(26)27/h1-7,10-12,14,20,22H,8-9H2/t20-/m0/s1. The fourth-order valence-corrected chi connectivity index (χ4v) is 3.63. The Kier molecular flexibility index (Phi) is 3.68. The van der Waals surface area contributed by atoms with Crippen LogP contribution in [0.3, 0.4) is 0 Å². The molecule has 1 fully saturated rings. The lowest BCUT2D eigenvalue weighted by Crippen LogP contribution is -2.44. The molecule has 1 aliphatic heterocycles. The Labute approximate surface area is 160 Å². The fourth-order valence-electron chi connectivity index (χ4n) is 3.63. The molecule has 140 valence electrons. The van der Waals surface area contributed by atoms with E-state index in [4.69, 9.17) is 4.42 Å². The zero-order valence-electron chi connectivity index (χ0n) is 14.9. The number of nitro benzene ring substituents is 1. The first-order valence-electron chi connectivity index (χ1n) is 9.14. The molecule has 1 N–H and O–H groups in total. The van der Waals surface area contributed by atoms with Crippen molar-refractivity contribution in [2.45, 2.75) is 25.0 Å². The van der Waals surface area contributed by atoms with Crippen molar-refractivity contribution in [3.63, 3.8) is 0 Å². The van der Waals surface area contributed by atoms with Crippen LogP contribution >= 0.6 is 0 Å². The van der Waals surface area contributed by atoms with Crippen LogP contribution in [0.1, 0.15) is 35.1 Å². The van der Waals surface area contributed by atoms with Gasteiger partial charge in [-0.25, -0.2) is 0 Å². The van der Waals surface area contributed by atoms with Crippen molar-refractivity contribution >= 4 is 17.3 Å². The number of furan rings is 1. The highest BCUT2D eigenvalue weighted by Gasteiger charge is 2.43. The van der Waals surface area contributed by atoms with Crippen molar-refractivity contribution in [3.8, 4) is 11.3 Å². The third-order valence-electron chi connectivity index (χ3n) is 5.14. The van der Waals surface area contributed by atoms with Crippen molar-refractivity contribution in [2.24, 2.45) is 0 Å². The van der Waals surface area contributed by atoms with E-state index < -0.39 is 11.1 Å². The molecule has 1 saturated carbocycles. The second kappa shape index (κ2) is 6.23. The van der Waals surface area contributed by atoms with E-state index in [-0.39, 0.29) is 17.6 Å². The molecule has 0 unspecified atom stereocenters. The van der Waals surface area contributed by atoms with Gasteiger partial charge in [0, 0.05) is 29.4 Å². The number of nitrogens with one attached hydrogen (secondary N) is 1. The minimum absolute atomic E-state index is 0.00449. The summed E-state index contributed by atoms with van der Waals surface area (Å²) in [7, 11) is 0. The Bertz CT molecular complexity index is 1090. The molecule has 1 amide bonds. The van der Waals surface area contributed by atoms with Crippen LogP contribution in [0.2, 0.25) is 0 Å². The number of carbonyl (C=O) groups excluding carboxylic acids is 1. The molecule has 0 bridgehead atoms. The molecule has 0 spiro atoms. The van der Waals surface area contributed by atoms with Crippen LogP contribution in [0.15, 0.2) is 65.1 Å². The van der Waals surface area contributed by atoms with Gasteiger partial charge < -0.3 is 14.6 Å². The number of rotatable bonds is 4. The number of fused-ring (bicyclic) bond motifs is 1. The number of anilines is 1. The third-order valence-corrected chi connectivity index (χ3v) is 5.14. The summed E-state index contributed by atoms with van der Waals surface area (Å²) in [6, 6.07) is 17.6. The summed E-state index contributed by atoms with van der Waals surface area (Å²) in [6.45, 7) is 0. The van der Waals surface area contributed by atoms with Gasteiger partial charge in [0.05, 0.1) is 10.5 Å². The minimum Gasteiger partial charge on any atom is -0.457 e. The van der Waals surface area contributed by atoms with Crippen molar-refractivity contribution < 1.29 is 14.1 Å². The van der Waals surface area contributed by atoms with Gasteiger partial charge in [-0.3, -0.25) is 14.9 Å². The van der Waals surface area contributed by atoms with Gasteiger partial charge in [-0.1, -0.05) is 24.3 Å². The Morgan fingerprint density at radius 3 is 2.68 bits per heavy atom. The first kappa shape index (κ1) is 16.6. The molecule has 7 heteroatoms. The normalized spacial score (nSPS) is 18.5. The Morgan fingerprint density at radius 2 is 1.89 bits per heavy atom. The van der Waals surface area contributed by atoms with Gasteiger partial charge in [0.25, 0.3) is 11.6 Å². The van der Waals surface area contributed by atoms with E-state index in [0.29, 0.717) is 22.6 Å². The maximum absolute atomic E-state index is 13.0. The Hall–Kier alpha value is -3.61. The van der Waals surface area contributed by atoms with Crippen LogP contribution in [-0.2, 0) is 0 Å². The van der Waals surface area contributed by atoms with E-state index in [1.807, 2.05) is 35.2 Å². The summed E-state index contributed by atoms with van der Waals surface area (Å²) in [5.74, 6) is 1.13. The monoisotopic (exact) mass is 375 g/mol. The first-order chi connectivity index (χ1) is 13.6.